The molecule has 4 heteroatoms. The van der Waals surface area contributed by atoms with E-state index in [1.807, 2.05) is 11.4 Å². The molecule has 0 unspecified atom stereocenters. The Bertz CT molecular complexity index is 285. The minimum Gasteiger partial charge on any atom is -0.351 e. The second-order valence-electron chi connectivity index (χ2n) is 2.71. The summed E-state index contributed by atoms with van der Waals surface area (Å²) in [4.78, 5) is 12.3. The molecule has 1 rings (SSSR count). The Morgan fingerprint density at radius 1 is 1.69 bits per heavy atom. The van der Waals surface area contributed by atoms with E-state index in [9.17, 15) is 4.79 Å². The van der Waals surface area contributed by atoms with Gasteiger partial charge >= 0.3 is 0 Å². The summed E-state index contributed by atoms with van der Waals surface area (Å²) >= 11 is 3.68. The number of carbonyl (C=O) groups is 1. The number of carbonyl (C=O) groups excluding carboxylic acids is 1. The number of thiophene rings is 1. The van der Waals surface area contributed by atoms with Crippen LogP contribution in [0.2, 0.25) is 0 Å². The van der Waals surface area contributed by atoms with Crippen LogP contribution in [0, 0.1) is 3.57 Å². The quantitative estimate of drug-likeness (QED) is 0.672. The zero-order chi connectivity index (χ0) is 9.68. The van der Waals surface area contributed by atoms with Gasteiger partial charge in [-0.3, -0.25) is 4.79 Å². The molecule has 0 aliphatic carbocycles. The fourth-order valence-corrected chi connectivity index (χ4v) is 2.66. The van der Waals surface area contributed by atoms with Gasteiger partial charge in [-0.15, -0.1) is 11.3 Å². The van der Waals surface area contributed by atoms with Crippen molar-refractivity contribution in [3.63, 3.8) is 0 Å². The van der Waals surface area contributed by atoms with Crippen molar-refractivity contribution in [3.8, 4) is 0 Å². The monoisotopic (exact) mass is 309 g/mol. The molecule has 0 aromatic carbocycles. The van der Waals surface area contributed by atoms with Gasteiger partial charge in [0.15, 0.2) is 0 Å². The third-order valence-electron chi connectivity index (χ3n) is 1.64. The number of hydrogen-bond donors (Lipinski definition) is 1. The molecular weight excluding hydrogens is 297 g/mol. The number of unbranched alkanes of at least 4 members (excludes halogenated alkanes) is 1. The summed E-state index contributed by atoms with van der Waals surface area (Å²) in [5.74, 6) is 0.0628. The Morgan fingerprint density at radius 3 is 3.00 bits per heavy atom. The third kappa shape index (κ3) is 3.27. The van der Waals surface area contributed by atoms with Crippen molar-refractivity contribution >= 4 is 39.8 Å². The molecule has 0 aliphatic rings. The van der Waals surface area contributed by atoms with Crippen LogP contribution in [0.15, 0.2) is 11.4 Å². The van der Waals surface area contributed by atoms with Crippen LogP contribution in [0.5, 0.6) is 0 Å². The summed E-state index contributed by atoms with van der Waals surface area (Å²) in [5.41, 5.74) is 0. The SMILES string of the molecule is CCCCNC(=O)c1sccc1I. The van der Waals surface area contributed by atoms with E-state index in [1.165, 1.54) is 11.3 Å². The van der Waals surface area contributed by atoms with Gasteiger partial charge in [0.05, 0.1) is 0 Å². The van der Waals surface area contributed by atoms with Crippen molar-refractivity contribution in [2.75, 3.05) is 6.54 Å². The second-order valence-corrected chi connectivity index (χ2v) is 4.79. The topological polar surface area (TPSA) is 29.1 Å². The molecule has 1 aromatic heterocycles. The molecule has 0 bridgehead atoms. The van der Waals surface area contributed by atoms with Crippen LogP contribution in [0.25, 0.3) is 0 Å². The smallest absolute Gasteiger partial charge is 0.262 e. The summed E-state index contributed by atoms with van der Waals surface area (Å²) in [6.45, 7) is 2.89. The molecule has 2 nitrogen and oxygen atoms in total. The van der Waals surface area contributed by atoms with E-state index in [0.29, 0.717) is 0 Å². The number of halogens is 1. The predicted molar refractivity (Wildman–Crippen MR) is 64.3 cm³/mol. The van der Waals surface area contributed by atoms with Crippen LogP contribution in [-0.2, 0) is 0 Å². The molecule has 72 valence electrons. The van der Waals surface area contributed by atoms with E-state index in [2.05, 4.69) is 34.8 Å². The maximum Gasteiger partial charge on any atom is 0.262 e. The Labute approximate surface area is 95.9 Å². The van der Waals surface area contributed by atoms with Crippen molar-refractivity contribution in [2.45, 2.75) is 19.8 Å². The lowest BCUT2D eigenvalue weighted by molar-refractivity contribution is 0.0956. The largest absolute Gasteiger partial charge is 0.351 e. The van der Waals surface area contributed by atoms with Crippen LogP contribution in [0.1, 0.15) is 29.4 Å². The van der Waals surface area contributed by atoms with Gasteiger partial charge in [-0.2, -0.15) is 0 Å². The molecule has 0 atom stereocenters. The minimum atomic E-state index is 0.0628. The van der Waals surface area contributed by atoms with Gasteiger partial charge in [-0.25, -0.2) is 0 Å². The zero-order valence-electron chi connectivity index (χ0n) is 7.47. The summed E-state index contributed by atoms with van der Waals surface area (Å²) in [5, 5.41) is 4.83. The number of nitrogens with one attached hydrogen (secondary N) is 1. The molecule has 1 heterocycles. The lowest BCUT2D eigenvalue weighted by Gasteiger charge is -2.01. The molecule has 0 spiro atoms. The Morgan fingerprint density at radius 2 is 2.46 bits per heavy atom. The van der Waals surface area contributed by atoms with E-state index in [-0.39, 0.29) is 5.91 Å². The molecule has 0 aliphatic heterocycles. The van der Waals surface area contributed by atoms with E-state index in [4.69, 9.17) is 0 Å². The van der Waals surface area contributed by atoms with Crippen LogP contribution < -0.4 is 5.32 Å². The number of amides is 1. The van der Waals surface area contributed by atoms with Crippen molar-refractivity contribution in [3.05, 3.63) is 19.9 Å². The molecule has 0 saturated heterocycles. The first-order chi connectivity index (χ1) is 6.25. The van der Waals surface area contributed by atoms with Gasteiger partial charge in [-0.05, 0) is 40.5 Å². The molecule has 0 fully saturated rings. The maximum atomic E-state index is 11.5. The van der Waals surface area contributed by atoms with Crippen LogP contribution in [0.4, 0.5) is 0 Å². The molecular formula is C9H12INOS. The average Bonchev–Trinajstić information content (AvgIpc) is 2.52. The summed E-state index contributed by atoms with van der Waals surface area (Å²) in [7, 11) is 0. The van der Waals surface area contributed by atoms with Crippen molar-refractivity contribution in [1.82, 2.24) is 5.32 Å². The standard InChI is InChI=1S/C9H12INOS/c1-2-3-5-11-9(12)8-7(10)4-6-13-8/h4,6H,2-3,5H2,1H3,(H,11,12). The minimum absolute atomic E-state index is 0.0628. The molecule has 13 heavy (non-hydrogen) atoms. The van der Waals surface area contributed by atoms with E-state index in [0.717, 1.165) is 27.8 Å². The highest BCUT2D eigenvalue weighted by molar-refractivity contribution is 14.1. The first kappa shape index (κ1) is 11.0. The molecule has 1 aromatic rings. The fourth-order valence-electron chi connectivity index (χ4n) is 0.915. The van der Waals surface area contributed by atoms with Crippen molar-refractivity contribution in [1.29, 1.82) is 0 Å². The Hall–Kier alpha value is -0.100. The fraction of sp³-hybridized carbons (Fsp3) is 0.444. The number of rotatable bonds is 4. The average molecular weight is 309 g/mol. The van der Waals surface area contributed by atoms with Gasteiger partial charge in [0.25, 0.3) is 5.91 Å². The van der Waals surface area contributed by atoms with E-state index in [1.54, 1.807) is 0 Å². The summed E-state index contributed by atoms with van der Waals surface area (Å²) in [6.07, 6.45) is 2.16. The molecule has 1 amide bonds. The van der Waals surface area contributed by atoms with Crippen LogP contribution >= 0.6 is 33.9 Å². The van der Waals surface area contributed by atoms with Gasteiger partial charge in [0.2, 0.25) is 0 Å². The maximum absolute atomic E-state index is 11.5. The van der Waals surface area contributed by atoms with Gasteiger partial charge in [-0.1, -0.05) is 13.3 Å². The molecule has 0 saturated carbocycles. The van der Waals surface area contributed by atoms with Gasteiger partial charge < -0.3 is 5.32 Å². The molecule has 0 radical (unpaired) electrons. The first-order valence-corrected chi connectivity index (χ1v) is 6.22. The Kier molecular flexibility index (Phi) is 4.72. The highest BCUT2D eigenvalue weighted by Crippen LogP contribution is 2.18. The van der Waals surface area contributed by atoms with Crippen molar-refractivity contribution < 1.29 is 4.79 Å². The van der Waals surface area contributed by atoms with E-state index >= 15 is 0 Å². The Balaban J connectivity index is 2.45. The highest BCUT2D eigenvalue weighted by atomic mass is 127. The van der Waals surface area contributed by atoms with E-state index < -0.39 is 0 Å². The highest BCUT2D eigenvalue weighted by Gasteiger charge is 2.09. The predicted octanol–water partition coefficient (Wildman–Crippen LogP) is 2.88. The van der Waals surface area contributed by atoms with Crippen molar-refractivity contribution in [2.24, 2.45) is 0 Å². The zero-order valence-corrected chi connectivity index (χ0v) is 10.4. The lowest BCUT2D eigenvalue weighted by atomic mass is 10.3. The first-order valence-electron chi connectivity index (χ1n) is 4.27. The summed E-state index contributed by atoms with van der Waals surface area (Å²) in [6, 6.07) is 1.96. The molecule has 1 N–H and O–H groups in total. The number of hydrogen-bond acceptors (Lipinski definition) is 2. The van der Waals surface area contributed by atoms with Crippen LogP contribution in [0.3, 0.4) is 0 Å². The van der Waals surface area contributed by atoms with Gasteiger partial charge in [0, 0.05) is 10.1 Å². The lowest BCUT2D eigenvalue weighted by Crippen LogP contribution is -2.23. The van der Waals surface area contributed by atoms with Gasteiger partial charge in [0.1, 0.15) is 4.88 Å². The third-order valence-corrected chi connectivity index (χ3v) is 3.82. The summed E-state index contributed by atoms with van der Waals surface area (Å²) < 4.78 is 1.04. The second kappa shape index (κ2) is 5.59. The van der Waals surface area contributed by atoms with Crippen LogP contribution in [-0.4, -0.2) is 12.5 Å². The normalized spacial score (nSPS) is 10.0.